The van der Waals surface area contributed by atoms with E-state index >= 15 is 0 Å². The highest BCUT2D eigenvalue weighted by Gasteiger charge is 2.03. The van der Waals surface area contributed by atoms with Gasteiger partial charge in [0.15, 0.2) is 5.82 Å². The summed E-state index contributed by atoms with van der Waals surface area (Å²) in [6.45, 7) is 1.97. The summed E-state index contributed by atoms with van der Waals surface area (Å²) < 4.78 is 4.91. The van der Waals surface area contributed by atoms with E-state index in [4.69, 9.17) is 27.7 Å². The molecule has 17 heavy (non-hydrogen) atoms. The van der Waals surface area contributed by atoms with Gasteiger partial charge in [-0.2, -0.15) is 4.98 Å². The maximum atomic E-state index is 5.82. The lowest BCUT2D eigenvalue weighted by molar-refractivity contribution is 0.388. The van der Waals surface area contributed by atoms with Crippen molar-refractivity contribution in [3.63, 3.8) is 0 Å². The van der Waals surface area contributed by atoms with E-state index in [1.165, 1.54) is 0 Å². The fourth-order valence-electron chi connectivity index (χ4n) is 1.37. The quantitative estimate of drug-likeness (QED) is 0.790. The van der Waals surface area contributed by atoms with Gasteiger partial charge in [0.05, 0.1) is 0 Å². The van der Waals surface area contributed by atoms with Gasteiger partial charge in [-0.25, -0.2) is 0 Å². The second-order valence-corrected chi connectivity index (χ2v) is 4.22. The molecule has 0 saturated carbocycles. The minimum Gasteiger partial charge on any atom is -0.338 e. The van der Waals surface area contributed by atoms with Gasteiger partial charge in [0, 0.05) is 5.02 Å². The Balaban J connectivity index is 2.24. The monoisotopic (exact) mass is 268 g/mol. The van der Waals surface area contributed by atoms with Crippen LogP contribution in [-0.2, 0) is 5.88 Å². The van der Waals surface area contributed by atoms with E-state index in [0.29, 0.717) is 16.7 Å². The number of hydrogen-bond acceptors (Lipinski definition) is 3. The van der Waals surface area contributed by atoms with Crippen LogP contribution in [0, 0.1) is 0 Å². The van der Waals surface area contributed by atoms with Crippen LogP contribution in [0.4, 0.5) is 0 Å². The average molecular weight is 269 g/mol. The predicted molar refractivity (Wildman–Crippen MR) is 68.9 cm³/mol. The van der Waals surface area contributed by atoms with Crippen LogP contribution in [0.15, 0.2) is 28.8 Å². The highest BCUT2D eigenvalue weighted by Crippen LogP contribution is 2.19. The van der Waals surface area contributed by atoms with E-state index in [-0.39, 0.29) is 5.88 Å². The van der Waals surface area contributed by atoms with E-state index in [1.54, 1.807) is 0 Å². The molecule has 0 fully saturated rings. The zero-order chi connectivity index (χ0) is 12.3. The molecule has 1 aromatic carbocycles. The van der Waals surface area contributed by atoms with Gasteiger partial charge in [-0.3, -0.25) is 0 Å². The minimum atomic E-state index is 0.223. The fraction of sp³-hybridized carbons (Fsp3) is 0.167. The van der Waals surface area contributed by atoms with E-state index in [1.807, 2.05) is 37.3 Å². The van der Waals surface area contributed by atoms with Crippen LogP contribution in [0.1, 0.15) is 24.2 Å². The van der Waals surface area contributed by atoms with Crippen molar-refractivity contribution < 1.29 is 4.52 Å². The first-order valence-corrected chi connectivity index (χ1v) is 5.93. The molecule has 0 spiro atoms. The van der Waals surface area contributed by atoms with Crippen molar-refractivity contribution in [3.8, 4) is 0 Å². The number of halogens is 2. The first kappa shape index (κ1) is 12.1. The summed E-state index contributed by atoms with van der Waals surface area (Å²) in [5, 5.41) is 4.51. The number of aromatic nitrogens is 2. The molecule has 0 N–H and O–H groups in total. The minimum absolute atomic E-state index is 0.223. The van der Waals surface area contributed by atoms with E-state index in [2.05, 4.69) is 10.1 Å². The number of benzene rings is 1. The summed E-state index contributed by atoms with van der Waals surface area (Å²) in [6, 6.07) is 7.57. The third-order valence-corrected chi connectivity index (χ3v) is 2.72. The van der Waals surface area contributed by atoms with Gasteiger partial charge < -0.3 is 4.52 Å². The van der Waals surface area contributed by atoms with E-state index < -0.39 is 0 Å². The molecule has 0 aliphatic rings. The number of hydrogen-bond donors (Lipinski definition) is 0. The number of allylic oxidation sites excluding steroid dienone is 1. The van der Waals surface area contributed by atoms with Crippen LogP contribution in [0.25, 0.3) is 11.6 Å². The molecule has 0 aliphatic heterocycles. The zero-order valence-corrected chi connectivity index (χ0v) is 10.7. The molecule has 2 aromatic rings. The third kappa shape index (κ3) is 3.08. The summed E-state index contributed by atoms with van der Waals surface area (Å²) in [5.41, 5.74) is 2.09. The molecule has 3 nitrogen and oxygen atoms in total. The lowest BCUT2D eigenvalue weighted by Gasteiger charge is -1.99. The lowest BCUT2D eigenvalue weighted by Crippen LogP contribution is -1.82. The maximum Gasteiger partial charge on any atom is 0.241 e. The molecule has 0 saturated heterocycles. The Morgan fingerprint density at radius 1 is 1.35 bits per heavy atom. The van der Waals surface area contributed by atoms with Gasteiger partial charge in [-0.1, -0.05) is 28.9 Å². The molecule has 0 atom stereocenters. The maximum absolute atomic E-state index is 5.82. The standard InChI is InChI=1S/C12H10Cl2N2O/c1-8(9-2-4-10(14)5-3-9)6-11-15-12(7-13)17-16-11/h2-6H,7H2,1H3/b8-6+. The Hall–Kier alpha value is -1.32. The van der Waals surface area contributed by atoms with Crippen molar-refractivity contribution in [2.75, 3.05) is 0 Å². The van der Waals surface area contributed by atoms with Gasteiger partial charge in [-0.05, 0) is 36.3 Å². The third-order valence-electron chi connectivity index (χ3n) is 2.24. The second kappa shape index (κ2) is 5.34. The van der Waals surface area contributed by atoms with Gasteiger partial charge in [-0.15, -0.1) is 11.6 Å². The molecule has 0 aliphatic carbocycles. The number of alkyl halides is 1. The van der Waals surface area contributed by atoms with Gasteiger partial charge in [0.2, 0.25) is 5.89 Å². The lowest BCUT2D eigenvalue weighted by atomic mass is 10.1. The predicted octanol–water partition coefficient (Wildman–Crippen LogP) is 4.02. The SMILES string of the molecule is C/C(=C\c1noc(CCl)n1)c1ccc(Cl)cc1. The summed E-state index contributed by atoms with van der Waals surface area (Å²) in [7, 11) is 0. The van der Waals surface area contributed by atoms with Crippen molar-refractivity contribution >= 4 is 34.9 Å². The van der Waals surface area contributed by atoms with E-state index in [9.17, 15) is 0 Å². The first-order valence-electron chi connectivity index (χ1n) is 5.02. The molecule has 1 heterocycles. The molecule has 88 valence electrons. The van der Waals surface area contributed by atoms with Crippen molar-refractivity contribution in [2.24, 2.45) is 0 Å². The highest BCUT2D eigenvalue weighted by atomic mass is 35.5. The topological polar surface area (TPSA) is 38.9 Å². The fourth-order valence-corrected chi connectivity index (χ4v) is 1.61. The van der Waals surface area contributed by atoms with Crippen LogP contribution in [0.5, 0.6) is 0 Å². The van der Waals surface area contributed by atoms with E-state index in [0.717, 1.165) is 11.1 Å². The first-order chi connectivity index (χ1) is 8.19. The normalized spacial score (nSPS) is 11.8. The van der Waals surface area contributed by atoms with Gasteiger partial charge in [0.25, 0.3) is 0 Å². The second-order valence-electron chi connectivity index (χ2n) is 3.51. The van der Waals surface area contributed by atoms with Crippen molar-refractivity contribution in [1.29, 1.82) is 0 Å². The molecular weight excluding hydrogens is 259 g/mol. The molecule has 0 bridgehead atoms. The summed E-state index contributed by atoms with van der Waals surface area (Å²) >= 11 is 11.4. The molecule has 0 unspecified atom stereocenters. The van der Waals surface area contributed by atoms with Crippen molar-refractivity contribution in [2.45, 2.75) is 12.8 Å². The van der Waals surface area contributed by atoms with Gasteiger partial charge in [0.1, 0.15) is 5.88 Å². The molecule has 5 heteroatoms. The summed E-state index contributed by atoms with van der Waals surface area (Å²) in [5.74, 6) is 1.16. The zero-order valence-electron chi connectivity index (χ0n) is 9.15. The van der Waals surface area contributed by atoms with Crippen molar-refractivity contribution in [3.05, 3.63) is 46.6 Å². The van der Waals surface area contributed by atoms with Gasteiger partial charge >= 0.3 is 0 Å². The molecule has 0 amide bonds. The van der Waals surface area contributed by atoms with Crippen molar-refractivity contribution in [1.82, 2.24) is 10.1 Å². The Bertz CT molecular complexity index is 532. The van der Waals surface area contributed by atoms with Crippen LogP contribution >= 0.6 is 23.2 Å². The van der Waals surface area contributed by atoms with Crippen LogP contribution in [-0.4, -0.2) is 10.1 Å². The highest BCUT2D eigenvalue weighted by molar-refractivity contribution is 6.30. The molecule has 0 radical (unpaired) electrons. The summed E-state index contributed by atoms with van der Waals surface area (Å²) in [4.78, 5) is 4.10. The Kier molecular flexibility index (Phi) is 3.82. The number of rotatable bonds is 3. The Morgan fingerprint density at radius 3 is 2.65 bits per heavy atom. The molecule has 2 rings (SSSR count). The average Bonchev–Trinajstić information content (AvgIpc) is 2.77. The molecular formula is C12H10Cl2N2O. The van der Waals surface area contributed by atoms with Crippen LogP contribution < -0.4 is 0 Å². The van der Waals surface area contributed by atoms with Crippen LogP contribution in [0.3, 0.4) is 0 Å². The largest absolute Gasteiger partial charge is 0.338 e. The summed E-state index contributed by atoms with van der Waals surface area (Å²) in [6.07, 6.45) is 1.84. The Morgan fingerprint density at radius 2 is 2.06 bits per heavy atom. The van der Waals surface area contributed by atoms with Crippen LogP contribution in [0.2, 0.25) is 5.02 Å². The molecule has 1 aromatic heterocycles. The number of nitrogens with zero attached hydrogens (tertiary/aromatic N) is 2. The smallest absolute Gasteiger partial charge is 0.241 e. The Labute approximate surface area is 109 Å².